The standard InChI is InChI=1S/C17H16ClNO2/c18-15-7-5-13(6-8-15)10-12-21-19-11-9-14-3-1-2-4-16(14)17(19)20/h1-8H,9-12H2. The highest BCUT2D eigenvalue weighted by molar-refractivity contribution is 6.30. The molecule has 1 amide bonds. The Kier molecular flexibility index (Phi) is 4.23. The van der Waals surface area contributed by atoms with Crippen molar-refractivity contribution >= 4 is 17.5 Å². The van der Waals surface area contributed by atoms with Gasteiger partial charge in [0.2, 0.25) is 0 Å². The largest absolute Gasteiger partial charge is 0.277 e. The highest BCUT2D eigenvalue weighted by Crippen LogP contribution is 2.19. The van der Waals surface area contributed by atoms with Crippen LogP contribution in [-0.4, -0.2) is 24.1 Å². The molecule has 0 fully saturated rings. The second-order valence-corrected chi connectivity index (χ2v) is 5.46. The maximum absolute atomic E-state index is 12.3. The highest BCUT2D eigenvalue weighted by atomic mass is 35.5. The summed E-state index contributed by atoms with van der Waals surface area (Å²) in [7, 11) is 0. The minimum Gasteiger partial charge on any atom is -0.270 e. The molecule has 4 heteroatoms. The fourth-order valence-corrected chi connectivity index (χ4v) is 2.58. The minimum absolute atomic E-state index is 0.0482. The monoisotopic (exact) mass is 301 g/mol. The summed E-state index contributed by atoms with van der Waals surface area (Å²) in [4.78, 5) is 17.9. The second kappa shape index (κ2) is 6.29. The molecule has 0 N–H and O–H groups in total. The predicted octanol–water partition coefficient (Wildman–Crippen LogP) is 3.51. The first-order valence-corrected chi connectivity index (χ1v) is 7.39. The van der Waals surface area contributed by atoms with E-state index in [0.29, 0.717) is 13.2 Å². The Labute approximate surface area is 129 Å². The third kappa shape index (κ3) is 3.26. The minimum atomic E-state index is -0.0482. The molecular weight excluding hydrogens is 286 g/mol. The molecule has 2 aromatic rings. The summed E-state index contributed by atoms with van der Waals surface area (Å²) in [6.07, 6.45) is 1.59. The number of halogens is 1. The Bertz CT molecular complexity index is 639. The Morgan fingerprint density at radius 1 is 1.10 bits per heavy atom. The zero-order valence-corrected chi connectivity index (χ0v) is 12.3. The molecule has 0 unspecified atom stereocenters. The van der Waals surface area contributed by atoms with Gasteiger partial charge < -0.3 is 0 Å². The van der Waals surface area contributed by atoms with Gasteiger partial charge in [0.25, 0.3) is 5.91 Å². The van der Waals surface area contributed by atoms with Gasteiger partial charge in [0.15, 0.2) is 0 Å². The Morgan fingerprint density at radius 2 is 1.86 bits per heavy atom. The molecular formula is C17H16ClNO2. The summed E-state index contributed by atoms with van der Waals surface area (Å²) in [6, 6.07) is 15.4. The predicted molar refractivity (Wildman–Crippen MR) is 82.3 cm³/mol. The van der Waals surface area contributed by atoms with E-state index in [1.807, 2.05) is 48.5 Å². The van der Waals surface area contributed by atoms with Crippen molar-refractivity contribution in [2.24, 2.45) is 0 Å². The Hall–Kier alpha value is -1.84. The molecule has 3 rings (SSSR count). The third-order valence-electron chi connectivity index (χ3n) is 3.61. The molecule has 0 spiro atoms. The van der Waals surface area contributed by atoms with E-state index in [0.717, 1.165) is 34.6 Å². The SMILES string of the molecule is O=C1c2ccccc2CCN1OCCc1ccc(Cl)cc1. The second-order valence-electron chi connectivity index (χ2n) is 5.02. The van der Waals surface area contributed by atoms with E-state index >= 15 is 0 Å². The van der Waals surface area contributed by atoms with Gasteiger partial charge in [0, 0.05) is 10.6 Å². The number of amides is 1. The molecule has 0 atom stereocenters. The number of carbonyl (C=O) groups excluding carboxylic acids is 1. The number of carbonyl (C=O) groups is 1. The third-order valence-corrected chi connectivity index (χ3v) is 3.86. The van der Waals surface area contributed by atoms with Crippen LogP contribution in [0.5, 0.6) is 0 Å². The van der Waals surface area contributed by atoms with Crippen LogP contribution in [0.3, 0.4) is 0 Å². The van der Waals surface area contributed by atoms with Crippen LogP contribution >= 0.6 is 11.6 Å². The van der Waals surface area contributed by atoms with E-state index in [9.17, 15) is 4.79 Å². The molecule has 21 heavy (non-hydrogen) atoms. The molecule has 0 saturated carbocycles. The molecule has 1 aliphatic heterocycles. The quantitative estimate of drug-likeness (QED) is 0.865. The average Bonchev–Trinajstić information content (AvgIpc) is 2.52. The molecule has 0 aromatic heterocycles. The smallest absolute Gasteiger partial charge is 0.270 e. The van der Waals surface area contributed by atoms with Gasteiger partial charge in [-0.25, -0.2) is 5.06 Å². The van der Waals surface area contributed by atoms with Crippen molar-refractivity contribution in [1.29, 1.82) is 0 Å². The van der Waals surface area contributed by atoms with Crippen molar-refractivity contribution in [3.63, 3.8) is 0 Å². The van der Waals surface area contributed by atoms with Crippen LogP contribution < -0.4 is 0 Å². The number of hydrogen-bond donors (Lipinski definition) is 0. The van der Waals surface area contributed by atoms with E-state index in [1.54, 1.807) is 0 Å². The maximum atomic E-state index is 12.3. The molecule has 3 nitrogen and oxygen atoms in total. The summed E-state index contributed by atoms with van der Waals surface area (Å²) in [5.41, 5.74) is 2.99. The van der Waals surface area contributed by atoms with Gasteiger partial charge in [0.1, 0.15) is 0 Å². The number of benzene rings is 2. The van der Waals surface area contributed by atoms with Gasteiger partial charge in [-0.1, -0.05) is 41.9 Å². The van der Waals surface area contributed by atoms with Crippen LogP contribution in [0.4, 0.5) is 0 Å². The van der Waals surface area contributed by atoms with E-state index in [2.05, 4.69) is 0 Å². The van der Waals surface area contributed by atoms with Crippen LogP contribution in [0, 0.1) is 0 Å². The van der Waals surface area contributed by atoms with Gasteiger partial charge in [-0.05, 0) is 42.2 Å². The van der Waals surface area contributed by atoms with Crippen molar-refractivity contribution in [2.75, 3.05) is 13.2 Å². The number of rotatable bonds is 4. The van der Waals surface area contributed by atoms with E-state index < -0.39 is 0 Å². The van der Waals surface area contributed by atoms with Crippen LogP contribution in [0.1, 0.15) is 21.5 Å². The Morgan fingerprint density at radius 3 is 2.67 bits per heavy atom. The first kappa shape index (κ1) is 14.1. The first-order valence-electron chi connectivity index (χ1n) is 7.01. The molecule has 1 aliphatic rings. The number of nitrogens with zero attached hydrogens (tertiary/aromatic N) is 1. The zero-order valence-electron chi connectivity index (χ0n) is 11.6. The molecule has 0 aliphatic carbocycles. The van der Waals surface area contributed by atoms with Crippen LogP contribution in [0.15, 0.2) is 48.5 Å². The van der Waals surface area contributed by atoms with Gasteiger partial charge in [-0.15, -0.1) is 0 Å². The van der Waals surface area contributed by atoms with Crippen molar-refractivity contribution in [3.05, 3.63) is 70.2 Å². The normalized spacial score (nSPS) is 14.1. The molecule has 0 saturated heterocycles. The van der Waals surface area contributed by atoms with Crippen LogP contribution in [0.2, 0.25) is 5.02 Å². The van der Waals surface area contributed by atoms with Gasteiger partial charge in [0.05, 0.1) is 13.2 Å². The highest BCUT2D eigenvalue weighted by Gasteiger charge is 2.24. The van der Waals surface area contributed by atoms with E-state index in [4.69, 9.17) is 16.4 Å². The molecule has 0 bridgehead atoms. The molecule has 108 valence electrons. The lowest BCUT2D eigenvalue weighted by molar-refractivity contribution is -0.124. The topological polar surface area (TPSA) is 29.5 Å². The summed E-state index contributed by atoms with van der Waals surface area (Å²) < 4.78 is 0. The average molecular weight is 302 g/mol. The van der Waals surface area contributed by atoms with Gasteiger partial charge in [-0.3, -0.25) is 9.63 Å². The van der Waals surface area contributed by atoms with Crippen molar-refractivity contribution in [3.8, 4) is 0 Å². The van der Waals surface area contributed by atoms with Crippen LogP contribution in [-0.2, 0) is 17.7 Å². The Balaban J connectivity index is 1.57. The maximum Gasteiger partial charge on any atom is 0.277 e. The summed E-state index contributed by atoms with van der Waals surface area (Å²) >= 11 is 5.85. The van der Waals surface area contributed by atoms with Gasteiger partial charge in [-0.2, -0.15) is 0 Å². The zero-order chi connectivity index (χ0) is 14.7. The molecule has 2 aromatic carbocycles. The van der Waals surface area contributed by atoms with Crippen molar-refractivity contribution in [2.45, 2.75) is 12.8 Å². The lowest BCUT2D eigenvalue weighted by Gasteiger charge is -2.27. The lowest BCUT2D eigenvalue weighted by atomic mass is 10.0. The summed E-state index contributed by atoms with van der Waals surface area (Å²) in [6.45, 7) is 1.09. The number of hydroxylamine groups is 2. The summed E-state index contributed by atoms with van der Waals surface area (Å²) in [5.74, 6) is -0.0482. The lowest BCUT2D eigenvalue weighted by Crippen LogP contribution is -2.38. The molecule has 0 radical (unpaired) electrons. The number of hydrogen-bond acceptors (Lipinski definition) is 2. The van der Waals surface area contributed by atoms with Crippen molar-refractivity contribution < 1.29 is 9.63 Å². The fourth-order valence-electron chi connectivity index (χ4n) is 2.45. The fraction of sp³-hybridized carbons (Fsp3) is 0.235. The first-order chi connectivity index (χ1) is 10.2. The van der Waals surface area contributed by atoms with Crippen molar-refractivity contribution in [1.82, 2.24) is 5.06 Å². The number of fused-ring (bicyclic) bond motifs is 1. The van der Waals surface area contributed by atoms with E-state index in [1.165, 1.54) is 5.06 Å². The summed E-state index contributed by atoms with van der Waals surface area (Å²) in [5, 5.41) is 2.20. The van der Waals surface area contributed by atoms with E-state index in [-0.39, 0.29) is 5.91 Å². The van der Waals surface area contributed by atoms with Gasteiger partial charge >= 0.3 is 0 Å². The van der Waals surface area contributed by atoms with Crippen LogP contribution in [0.25, 0.3) is 0 Å². The molecule has 1 heterocycles.